The molecule has 3 rings (SSSR count). The second-order valence-electron chi connectivity index (χ2n) is 6.67. The van der Waals surface area contributed by atoms with Crippen molar-refractivity contribution in [1.82, 2.24) is 5.32 Å². The molecule has 0 bridgehead atoms. The number of benzene rings is 2. The lowest BCUT2D eigenvalue weighted by molar-refractivity contribution is -0.120. The molecule has 0 unspecified atom stereocenters. The number of hydrogen-bond donors (Lipinski definition) is 2. The van der Waals surface area contributed by atoms with E-state index in [1.165, 1.54) is 31.5 Å². The van der Waals surface area contributed by atoms with Crippen molar-refractivity contribution >= 4 is 23.7 Å². The van der Waals surface area contributed by atoms with Gasteiger partial charge in [0.25, 0.3) is 11.8 Å². The summed E-state index contributed by atoms with van der Waals surface area (Å²) in [5, 5.41) is 9.18. The van der Waals surface area contributed by atoms with Crippen molar-refractivity contribution in [2.45, 2.75) is 25.5 Å². The number of carbonyl (C=O) groups is 2. The lowest BCUT2D eigenvalue weighted by Gasteiger charge is -2.10. The van der Waals surface area contributed by atoms with Crippen molar-refractivity contribution in [3.05, 3.63) is 53.6 Å². The van der Waals surface area contributed by atoms with Gasteiger partial charge < -0.3 is 24.9 Å². The molecule has 8 nitrogen and oxygen atoms in total. The van der Waals surface area contributed by atoms with Gasteiger partial charge in [0, 0.05) is 22.9 Å². The molecule has 2 aromatic carbocycles. The summed E-state index contributed by atoms with van der Waals surface area (Å²) in [4.78, 5) is 29.1. The van der Waals surface area contributed by atoms with E-state index in [1.807, 2.05) is 0 Å². The van der Waals surface area contributed by atoms with Crippen LogP contribution in [-0.4, -0.2) is 44.4 Å². The van der Waals surface area contributed by atoms with Gasteiger partial charge in [-0.2, -0.15) is 8.78 Å². The van der Waals surface area contributed by atoms with E-state index >= 15 is 0 Å². The Bertz CT molecular complexity index is 964. The van der Waals surface area contributed by atoms with E-state index in [2.05, 4.69) is 20.5 Å². The van der Waals surface area contributed by atoms with Gasteiger partial charge in [-0.05, 0) is 49.2 Å². The fraction of sp³-hybridized carbons (Fsp3) is 0.286. The number of anilines is 1. The molecule has 31 heavy (non-hydrogen) atoms. The lowest BCUT2D eigenvalue weighted by atomic mass is 10.2. The van der Waals surface area contributed by atoms with Gasteiger partial charge in [-0.1, -0.05) is 11.2 Å². The zero-order valence-corrected chi connectivity index (χ0v) is 16.6. The van der Waals surface area contributed by atoms with E-state index in [0.29, 0.717) is 16.8 Å². The third-order valence-electron chi connectivity index (χ3n) is 4.20. The Morgan fingerprint density at radius 2 is 2.00 bits per heavy atom. The topological polar surface area (TPSA) is 98.3 Å². The molecule has 2 aromatic rings. The molecule has 1 aliphatic rings. The van der Waals surface area contributed by atoms with Crippen molar-refractivity contribution in [1.29, 1.82) is 0 Å². The highest BCUT2D eigenvalue weighted by Crippen LogP contribution is 2.29. The zero-order valence-electron chi connectivity index (χ0n) is 16.6. The highest BCUT2D eigenvalue weighted by Gasteiger charge is 2.23. The Morgan fingerprint density at radius 3 is 2.71 bits per heavy atom. The highest BCUT2D eigenvalue weighted by atomic mass is 19.3. The molecule has 2 N–H and O–H groups in total. The second-order valence-corrected chi connectivity index (χ2v) is 6.67. The second kappa shape index (κ2) is 10.4. The van der Waals surface area contributed by atoms with Gasteiger partial charge in [-0.3, -0.25) is 9.59 Å². The molecule has 0 saturated heterocycles. The van der Waals surface area contributed by atoms with Gasteiger partial charge in [0.15, 0.2) is 18.1 Å². The minimum atomic E-state index is -2.97. The summed E-state index contributed by atoms with van der Waals surface area (Å²) >= 11 is 0. The van der Waals surface area contributed by atoms with Crippen molar-refractivity contribution in [2.75, 3.05) is 19.0 Å². The molecule has 0 atom stereocenters. The predicted molar refractivity (Wildman–Crippen MR) is 109 cm³/mol. The molecule has 164 valence electrons. The molecule has 1 aliphatic carbocycles. The number of alkyl halides is 2. The summed E-state index contributed by atoms with van der Waals surface area (Å²) in [6.07, 6.45) is 3.27. The number of oxime groups is 1. The van der Waals surface area contributed by atoms with Crippen LogP contribution in [0, 0.1) is 0 Å². The number of rotatable bonds is 10. The zero-order chi connectivity index (χ0) is 22.2. The summed E-state index contributed by atoms with van der Waals surface area (Å²) in [6, 6.07) is 11.0. The number of nitrogens with one attached hydrogen (secondary N) is 2. The third-order valence-corrected chi connectivity index (χ3v) is 4.20. The standard InChI is InChI=1S/C21H21F2N3O5/c1-29-18-9-13(5-8-17(18)31-21(22)23)11-24-30-12-19(27)25-16-4-2-3-14(10-16)20(28)26-15-6-7-15/h2-5,8-11,15,21H,6-7,12H2,1H3,(H,25,27)(H,26,28)/b24-11+. The monoisotopic (exact) mass is 433 g/mol. The van der Waals surface area contributed by atoms with Gasteiger partial charge in [-0.25, -0.2) is 0 Å². The minimum Gasteiger partial charge on any atom is -0.493 e. The number of carbonyl (C=O) groups excluding carboxylic acids is 2. The molecule has 0 aliphatic heterocycles. The van der Waals surface area contributed by atoms with Crippen LogP contribution in [0.5, 0.6) is 11.5 Å². The maximum Gasteiger partial charge on any atom is 0.387 e. The van der Waals surface area contributed by atoms with Gasteiger partial charge in [0.1, 0.15) is 0 Å². The normalized spacial score (nSPS) is 13.2. The fourth-order valence-electron chi connectivity index (χ4n) is 2.58. The van der Waals surface area contributed by atoms with Crippen LogP contribution in [0.3, 0.4) is 0 Å². The third kappa shape index (κ3) is 6.95. The minimum absolute atomic E-state index is 0.104. The quantitative estimate of drug-likeness (QED) is 0.443. The van der Waals surface area contributed by atoms with E-state index in [1.54, 1.807) is 24.3 Å². The van der Waals surface area contributed by atoms with Gasteiger partial charge in [-0.15, -0.1) is 0 Å². The van der Waals surface area contributed by atoms with Crippen molar-refractivity contribution in [3.8, 4) is 11.5 Å². The lowest BCUT2D eigenvalue weighted by Crippen LogP contribution is -2.25. The molecule has 0 aromatic heterocycles. The maximum atomic E-state index is 12.4. The number of amides is 2. The maximum absolute atomic E-state index is 12.4. The molecule has 1 fully saturated rings. The summed E-state index contributed by atoms with van der Waals surface area (Å²) in [5.74, 6) is -0.648. The average Bonchev–Trinajstić information content (AvgIpc) is 3.56. The fourth-order valence-corrected chi connectivity index (χ4v) is 2.58. The van der Waals surface area contributed by atoms with Crippen LogP contribution in [0.25, 0.3) is 0 Å². The first-order valence-corrected chi connectivity index (χ1v) is 9.43. The first kappa shape index (κ1) is 22.0. The van der Waals surface area contributed by atoms with E-state index in [4.69, 9.17) is 9.57 Å². The summed E-state index contributed by atoms with van der Waals surface area (Å²) in [7, 11) is 1.32. The smallest absolute Gasteiger partial charge is 0.387 e. The molecule has 1 saturated carbocycles. The predicted octanol–water partition coefficient (Wildman–Crippen LogP) is 3.18. The van der Waals surface area contributed by atoms with Crippen LogP contribution in [-0.2, 0) is 9.63 Å². The first-order valence-electron chi connectivity index (χ1n) is 9.43. The molecular formula is C21H21F2N3O5. The molecule has 0 spiro atoms. The summed E-state index contributed by atoms with van der Waals surface area (Å²) in [5.41, 5.74) is 1.41. The Balaban J connectivity index is 1.48. The van der Waals surface area contributed by atoms with Gasteiger partial charge >= 0.3 is 6.61 Å². The van der Waals surface area contributed by atoms with Crippen molar-refractivity contribution < 1.29 is 32.7 Å². The molecular weight excluding hydrogens is 412 g/mol. The van der Waals surface area contributed by atoms with Crippen molar-refractivity contribution in [2.24, 2.45) is 5.16 Å². The van der Waals surface area contributed by atoms with Crippen LogP contribution in [0.1, 0.15) is 28.8 Å². The summed E-state index contributed by atoms with van der Waals surface area (Å²) < 4.78 is 34.0. The van der Waals surface area contributed by atoms with E-state index in [9.17, 15) is 18.4 Å². The van der Waals surface area contributed by atoms with Crippen LogP contribution < -0.4 is 20.1 Å². The summed E-state index contributed by atoms with van der Waals surface area (Å²) in [6.45, 7) is -3.33. The SMILES string of the molecule is COc1cc(/C=N/OCC(=O)Nc2cccc(C(=O)NC3CC3)c2)ccc1OC(F)F. The Labute approximate surface area is 177 Å². The number of ether oxygens (including phenoxy) is 2. The molecule has 0 heterocycles. The van der Waals surface area contributed by atoms with Crippen LogP contribution in [0.15, 0.2) is 47.6 Å². The number of nitrogens with zero attached hydrogens (tertiary/aromatic N) is 1. The van der Waals surface area contributed by atoms with Crippen molar-refractivity contribution in [3.63, 3.8) is 0 Å². The van der Waals surface area contributed by atoms with Crippen LogP contribution >= 0.6 is 0 Å². The largest absolute Gasteiger partial charge is 0.493 e. The first-order chi connectivity index (χ1) is 14.9. The van der Waals surface area contributed by atoms with Crippen LogP contribution in [0.2, 0.25) is 0 Å². The Morgan fingerprint density at radius 1 is 1.19 bits per heavy atom. The Hall–Kier alpha value is -3.69. The molecule has 2 amide bonds. The average molecular weight is 433 g/mol. The van der Waals surface area contributed by atoms with Gasteiger partial charge in [0.05, 0.1) is 13.3 Å². The molecule has 10 heteroatoms. The number of halogens is 2. The Kier molecular flexibility index (Phi) is 7.36. The molecule has 0 radical (unpaired) electrons. The van der Waals surface area contributed by atoms with E-state index in [-0.39, 0.29) is 30.1 Å². The van der Waals surface area contributed by atoms with Gasteiger partial charge in [0.2, 0.25) is 0 Å². The highest BCUT2D eigenvalue weighted by molar-refractivity contribution is 5.97. The number of hydrogen-bond acceptors (Lipinski definition) is 6. The van der Waals surface area contributed by atoms with E-state index < -0.39 is 12.5 Å². The van der Waals surface area contributed by atoms with E-state index in [0.717, 1.165) is 12.8 Å². The van der Waals surface area contributed by atoms with Crippen LogP contribution in [0.4, 0.5) is 14.5 Å². The number of methoxy groups -OCH3 is 1.